The molecular weight excluding hydrogens is 776 g/mol. The van der Waals surface area contributed by atoms with Crippen molar-refractivity contribution in [3.63, 3.8) is 0 Å². The molecule has 0 N–H and O–H groups in total. The fraction of sp³-hybridized carbons (Fsp3) is 0.0500. The van der Waals surface area contributed by atoms with Crippen molar-refractivity contribution < 1.29 is 49.2 Å². The van der Waals surface area contributed by atoms with Gasteiger partial charge in [-0.2, -0.15) is 0 Å². The minimum atomic E-state index is -1.25. The molecule has 0 spiro atoms. The first kappa shape index (κ1) is 41.5. The number of carboxylic acids is 3. The van der Waals surface area contributed by atoms with E-state index in [0.29, 0.717) is 34.2 Å². The number of carbonyl (C=O) groups is 3. The van der Waals surface area contributed by atoms with Crippen LogP contribution >= 0.6 is 0 Å². The van der Waals surface area contributed by atoms with Crippen LogP contribution in [0.3, 0.4) is 0 Å². The van der Waals surface area contributed by atoms with Crippen molar-refractivity contribution in [2.24, 2.45) is 0 Å². The molecular formula is C40H30N7O6Ru. The molecule has 7 heterocycles. The standard InChI is InChI=1S/3C11H8N2O2.C7H9N.Ru/c3*14-11(15)8-4-3-7-13-10(8)9-5-1-2-6-12-9;1-6-4-3-5-7(2)8-6;/h3*1-7H,(H,14,15);3-5H,1-2H3;/q;;;;+3/p-3. The Labute approximate surface area is 323 Å². The molecule has 0 aromatic carbocycles. The number of aromatic carboxylic acids is 3. The Morgan fingerprint density at radius 1 is 0.389 bits per heavy atom. The second-order valence-electron chi connectivity index (χ2n) is 10.6. The smallest absolute Gasteiger partial charge is 0.545 e. The number of aromatic nitrogens is 7. The van der Waals surface area contributed by atoms with E-state index < -0.39 is 17.9 Å². The van der Waals surface area contributed by atoms with Gasteiger partial charge in [0.05, 0.1) is 52.1 Å². The third kappa shape index (κ3) is 12.4. The van der Waals surface area contributed by atoms with E-state index in [1.165, 1.54) is 36.8 Å². The summed E-state index contributed by atoms with van der Waals surface area (Å²) in [6.07, 6.45) is 9.33. The van der Waals surface area contributed by atoms with Gasteiger partial charge >= 0.3 is 19.5 Å². The van der Waals surface area contributed by atoms with Gasteiger partial charge in [-0.15, -0.1) is 0 Å². The second kappa shape index (κ2) is 21.4. The van der Waals surface area contributed by atoms with Crippen LogP contribution in [0, 0.1) is 13.8 Å². The van der Waals surface area contributed by atoms with Gasteiger partial charge in [-0.3, -0.25) is 34.9 Å². The topological polar surface area (TPSA) is 211 Å². The summed E-state index contributed by atoms with van der Waals surface area (Å²) in [5.41, 5.74) is 4.90. The van der Waals surface area contributed by atoms with Crippen molar-refractivity contribution in [1.29, 1.82) is 0 Å². The summed E-state index contributed by atoms with van der Waals surface area (Å²) in [5.74, 6) is -3.74. The molecule has 0 saturated carbocycles. The van der Waals surface area contributed by atoms with Crippen LogP contribution in [-0.2, 0) is 19.5 Å². The summed E-state index contributed by atoms with van der Waals surface area (Å²) >= 11 is 0. The molecule has 269 valence electrons. The fourth-order valence-corrected chi connectivity index (χ4v) is 4.51. The number of nitrogens with zero attached hydrogens (tertiary/aromatic N) is 7. The molecule has 13 nitrogen and oxygen atoms in total. The first-order valence-electron chi connectivity index (χ1n) is 15.8. The first-order chi connectivity index (χ1) is 25.7. The molecule has 1 radical (unpaired) electrons. The van der Waals surface area contributed by atoms with Crippen LogP contribution in [0.5, 0.6) is 0 Å². The van der Waals surface area contributed by atoms with Gasteiger partial charge in [-0.1, -0.05) is 24.3 Å². The summed E-state index contributed by atoms with van der Waals surface area (Å²) in [5, 5.41) is 32.4. The Hall–Kier alpha value is -6.92. The van der Waals surface area contributed by atoms with Gasteiger partial charge in [0.25, 0.3) is 0 Å². The fourth-order valence-electron chi connectivity index (χ4n) is 4.51. The molecule has 7 rings (SSSR count). The summed E-state index contributed by atoms with van der Waals surface area (Å²) in [6, 6.07) is 30.7. The van der Waals surface area contributed by atoms with Gasteiger partial charge in [0.15, 0.2) is 0 Å². The Morgan fingerprint density at radius 3 is 0.907 bits per heavy atom. The minimum absolute atomic E-state index is 0. The zero-order valence-electron chi connectivity index (χ0n) is 28.8. The summed E-state index contributed by atoms with van der Waals surface area (Å²) in [4.78, 5) is 60.7. The van der Waals surface area contributed by atoms with Crippen molar-refractivity contribution >= 4 is 17.9 Å². The Morgan fingerprint density at radius 2 is 0.685 bits per heavy atom. The number of pyridine rings is 7. The Kier molecular flexibility index (Phi) is 16.5. The average molecular weight is 806 g/mol. The van der Waals surface area contributed by atoms with Gasteiger partial charge in [-0.05, 0) is 98.8 Å². The summed E-state index contributed by atoms with van der Waals surface area (Å²) in [6.45, 7) is 3.99. The van der Waals surface area contributed by atoms with Gasteiger partial charge in [0.2, 0.25) is 0 Å². The van der Waals surface area contributed by atoms with Crippen LogP contribution < -0.4 is 15.3 Å². The molecule has 0 atom stereocenters. The van der Waals surface area contributed by atoms with Crippen LogP contribution in [0.2, 0.25) is 0 Å². The number of carboxylic acid groups (broad SMARTS) is 3. The Balaban J connectivity index is 0.000000197. The predicted molar refractivity (Wildman–Crippen MR) is 189 cm³/mol. The molecule has 0 aliphatic rings. The number of rotatable bonds is 6. The molecule has 0 aliphatic heterocycles. The molecule has 7 aromatic heterocycles. The molecule has 14 heteroatoms. The van der Waals surface area contributed by atoms with Crippen molar-refractivity contribution in [3.05, 3.63) is 174 Å². The van der Waals surface area contributed by atoms with Crippen LogP contribution in [0.25, 0.3) is 34.2 Å². The van der Waals surface area contributed by atoms with E-state index in [9.17, 15) is 29.7 Å². The molecule has 54 heavy (non-hydrogen) atoms. The SMILES string of the molecule is Cc1cccc(C)n1.O=C([O-])c1cccnc1-c1ccccn1.O=C([O-])c1cccnc1-c1ccccn1.O=C([O-])c1cccnc1-c1ccccn1.[Ru+3]. The maximum Gasteiger partial charge on any atom is 3.00 e. The van der Waals surface area contributed by atoms with Gasteiger partial charge < -0.3 is 29.7 Å². The maximum absolute atomic E-state index is 10.8. The maximum atomic E-state index is 10.8. The van der Waals surface area contributed by atoms with Crippen molar-refractivity contribution in [2.75, 3.05) is 0 Å². The average Bonchev–Trinajstić information content (AvgIpc) is 3.19. The normalized spacial score (nSPS) is 9.59. The van der Waals surface area contributed by atoms with E-state index in [1.54, 1.807) is 91.4 Å². The Bertz CT molecular complexity index is 2030. The van der Waals surface area contributed by atoms with E-state index in [1.807, 2.05) is 32.0 Å². The van der Waals surface area contributed by atoms with Crippen molar-refractivity contribution in [1.82, 2.24) is 34.9 Å². The van der Waals surface area contributed by atoms with Crippen LogP contribution in [0.4, 0.5) is 0 Å². The molecule has 0 aliphatic carbocycles. The second-order valence-corrected chi connectivity index (χ2v) is 10.6. The molecule has 0 amide bonds. The van der Waals surface area contributed by atoms with E-state index in [2.05, 4.69) is 34.9 Å². The number of carbonyl (C=O) groups excluding carboxylic acids is 3. The number of aryl methyl sites for hydroxylation is 2. The minimum Gasteiger partial charge on any atom is -0.545 e. The monoisotopic (exact) mass is 806 g/mol. The van der Waals surface area contributed by atoms with E-state index in [0.717, 1.165) is 11.4 Å². The molecule has 0 fully saturated rings. The number of hydrogen-bond acceptors (Lipinski definition) is 13. The van der Waals surface area contributed by atoms with E-state index in [-0.39, 0.29) is 36.2 Å². The number of hydrogen-bond donors (Lipinski definition) is 0. The third-order valence-corrected chi connectivity index (χ3v) is 6.83. The summed E-state index contributed by atoms with van der Waals surface area (Å²) in [7, 11) is 0. The molecule has 0 saturated heterocycles. The largest absolute Gasteiger partial charge is 3.00 e. The van der Waals surface area contributed by atoms with Crippen molar-refractivity contribution in [2.45, 2.75) is 13.8 Å². The van der Waals surface area contributed by atoms with Crippen LogP contribution in [-0.4, -0.2) is 52.8 Å². The molecule has 7 aromatic rings. The van der Waals surface area contributed by atoms with E-state index in [4.69, 9.17) is 0 Å². The quantitative estimate of drug-likeness (QED) is 0.221. The predicted octanol–water partition coefficient (Wildman–Crippen LogP) is 3.22. The zero-order chi connectivity index (χ0) is 38.0. The van der Waals surface area contributed by atoms with Gasteiger partial charge in [-0.25, -0.2) is 0 Å². The summed E-state index contributed by atoms with van der Waals surface area (Å²) < 4.78 is 0. The van der Waals surface area contributed by atoms with Crippen LogP contribution in [0.1, 0.15) is 42.5 Å². The van der Waals surface area contributed by atoms with Crippen LogP contribution in [0.15, 0.2) is 146 Å². The molecule has 0 unspecified atom stereocenters. The van der Waals surface area contributed by atoms with Gasteiger partial charge in [0.1, 0.15) is 0 Å². The molecule has 0 bridgehead atoms. The zero-order valence-corrected chi connectivity index (χ0v) is 30.5. The first-order valence-corrected chi connectivity index (χ1v) is 15.8. The van der Waals surface area contributed by atoms with Crippen molar-refractivity contribution in [3.8, 4) is 34.2 Å². The third-order valence-electron chi connectivity index (χ3n) is 6.83. The van der Waals surface area contributed by atoms with Gasteiger partial charge in [0, 0.05) is 65.3 Å². The van der Waals surface area contributed by atoms with E-state index >= 15 is 0 Å².